The maximum absolute atomic E-state index is 13.2. The van der Waals surface area contributed by atoms with Crippen LogP contribution in [0.25, 0.3) is 22.1 Å². The SMILES string of the molecule is CCn1cc(/C=C(\Cl)c2nc3cc(F)c(F)cc3[nH]2)cn1. The second-order valence-electron chi connectivity index (χ2n) is 4.49. The number of imidazole rings is 1. The normalized spacial score (nSPS) is 12.3. The van der Waals surface area contributed by atoms with Gasteiger partial charge < -0.3 is 4.98 Å². The summed E-state index contributed by atoms with van der Waals surface area (Å²) in [5, 5.41) is 4.47. The third-order valence-electron chi connectivity index (χ3n) is 3.02. The van der Waals surface area contributed by atoms with Crippen LogP contribution in [0.3, 0.4) is 0 Å². The van der Waals surface area contributed by atoms with Crippen LogP contribution in [0.5, 0.6) is 0 Å². The lowest BCUT2D eigenvalue weighted by atomic mass is 10.3. The zero-order chi connectivity index (χ0) is 15.0. The molecule has 21 heavy (non-hydrogen) atoms. The Morgan fingerprint density at radius 2 is 2.14 bits per heavy atom. The Hall–Kier alpha value is -2.21. The molecule has 1 aromatic carbocycles. The van der Waals surface area contributed by atoms with E-state index in [1.54, 1.807) is 17.0 Å². The Labute approximate surface area is 124 Å². The van der Waals surface area contributed by atoms with E-state index in [-0.39, 0.29) is 0 Å². The Morgan fingerprint density at radius 3 is 2.86 bits per heavy atom. The van der Waals surface area contributed by atoms with E-state index in [4.69, 9.17) is 11.6 Å². The molecule has 0 saturated carbocycles. The smallest absolute Gasteiger partial charge is 0.161 e. The highest BCUT2D eigenvalue weighted by Crippen LogP contribution is 2.23. The molecule has 3 aromatic rings. The highest BCUT2D eigenvalue weighted by Gasteiger charge is 2.10. The first kappa shape index (κ1) is 13.8. The van der Waals surface area contributed by atoms with Gasteiger partial charge in [-0.1, -0.05) is 11.6 Å². The van der Waals surface area contributed by atoms with Crippen LogP contribution >= 0.6 is 11.6 Å². The van der Waals surface area contributed by atoms with Crippen LogP contribution in [0.15, 0.2) is 24.5 Å². The second-order valence-corrected chi connectivity index (χ2v) is 4.90. The molecule has 0 aliphatic rings. The van der Waals surface area contributed by atoms with Crippen molar-refractivity contribution in [3.8, 4) is 0 Å². The number of hydrogen-bond donors (Lipinski definition) is 1. The summed E-state index contributed by atoms with van der Waals surface area (Å²) >= 11 is 6.19. The molecule has 0 fully saturated rings. The monoisotopic (exact) mass is 308 g/mol. The standard InChI is InChI=1S/C14H11ClF2N4/c1-2-21-7-8(6-18-21)3-9(15)14-19-12-4-10(16)11(17)5-13(12)20-14/h3-7H,2H2,1H3,(H,19,20)/b9-3-. The average molecular weight is 309 g/mol. The van der Waals surface area contributed by atoms with Gasteiger partial charge in [-0.3, -0.25) is 4.68 Å². The van der Waals surface area contributed by atoms with Crippen LogP contribution in [0, 0.1) is 11.6 Å². The fourth-order valence-electron chi connectivity index (χ4n) is 1.96. The molecular weight excluding hydrogens is 298 g/mol. The molecule has 0 atom stereocenters. The van der Waals surface area contributed by atoms with E-state index in [2.05, 4.69) is 15.1 Å². The number of rotatable bonds is 3. The van der Waals surface area contributed by atoms with Gasteiger partial charge in [-0.15, -0.1) is 0 Å². The van der Waals surface area contributed by atoms with E-state index in [0.717, 1.165) is 24.2 Å². The Kier molecular flexibility index (Phi) is 3.47. The number of fused-ring (bicyclic) bond motifs is 1. The van der Waals surface area contributed by atoms with Crippen LogP contribution in [0.1, 0.15) is 18.3 Å². The van der Waals surface area contributed by atoms with Gasteiger partial charge in [0.1, 0.15) is 5.82 Å². The summed E-state index contributed by atoms with van der Waals surface area (Å²) < 4.78 is 28.1. The molecule has 1 N–H and O–H groups in total. The molecule has 4 nitrogen and oxygen atoms in total. The molecule has 0 radical (unpaired) electrons. The van der Waals surface area contributed by atoms with Crippen LogP contribution in [-0.4, -0.2) is 19.7 Å². The molecule has 3 rings (SSSR count). The number of hydrogen-bond acceptors (Lipinski definition) is 2. The summed E-state index contributed by atoms with van der Waals surface area (Å²) in [5.41, 5.74) is 1.53. The van der Waals surface area contributed by atoms with Crippen LogP contribution in [-0.2, 0) is 6.54 Å². The Morgan fingerprint density at radius 1 is 1.38 bits per heavy atom. The number of benzene rings is 1. The first-order valence-electron chi connectivity index (χ1n) is 6.31. The number of nitrogens with zero attached hydrogens (tertiary/aromatic N) is 3. The van der Waals surface area contributed by atoms with Gasteiger partial charge in [0.15, 0.2) is 11.6 Å². The summed E-state index contributed by atoms with van der Waals surface area (Å²) in [6, 6.07) is 2.09. The molecular formula is C14H11ClF2N4. The van der Waals surface area contributed by atoms with Gasteiger partial charge in [-0.25, -0.2) is 13.8 Å². The van der Waals surface area contributed by atoms with Gasteiger partial charge in [-0.05, 0) is 13.0 Å². The lowest BCUT2D eigenvalue weighted by Crippen LogP contribution is -1.91. The molecule has 0 aliphatic carbocycles. The average Bonchev–Trinajstić information content (AvgIpc) is 3.06. The van der Waals surface area contributed by atoms with Gasteiger partial charge in [-0.2, -0.15) is 5.10 Å². The zero-order valence-corrected chi connectivity index (χ0v) is 11.8. The first-order valence-corrected chi connectivity index (χ1v) is 6.69. The van der Waals surface area contributed by atoms with Gasteiger partial charge in [0.2, 0.25) is 0 Å². The summed E-state index contributed by atoms with van der Waals surface area (Å²) in [5.74, 6) is -1.52. The van der Waals surface area contributed by atoms with Gasteiger partial charge in [0.25, 0.3) is 0 Å². The van der Waals surface area contributed by atoms with Gasteiger partial charge in [0, 0.05) is 30.4 Å². The van der Waals surface area contributed by atoms with Crippen molar-refractivity contribution in [2.45, 2.75) is 13.5 Å². The van der Waals surface area contributed by atoms with Gasteiger partial charge in [0.05, 0.1) is 22.3 Å². The molecule has 0 saturated heterocycles. The number of halogens is 3. The lowest BCUT2D eigenvalue weighted by Gasteiger charge is -1.92. The zero-order valence-electron chi connectivity index (χ0n) is 11.1. The molecule has 0 unspecified atom stereocenters. The van der Waals surface area contributed by atoms with E-state index in [0.29, 0.717) is 21.9 Å². The summed E-state index contributed by atoms with van der Waals surface area (Å²) in [7, 11) is 0. The van der Waals surface area contributed by atoms with Crippen molar-refractivity contribution < 1.29 is 8.78 Å². The highest BCUT2D eigenvalue weighted by molar-refractivity contribution is 6.50. The Bertz CT molecular complexity index is 796. The highest BCUT2D eigenvalue weighted by atomic mass is 35.5. The van der Waals surface area contributed by atoms with E-state index in [9.17, 15) is 8.78 Å². The first-order chi connectivity index (χ1) is 10.1. The quantitative estimate of drug-likeness (QED) is 0.800. The van der Waals surface area contributed by atoms with Crippen molar-refractivity contribution in [3.05, 3.63) is 47.5 Å². The summed E-state index contributed by atoms with van der Waals surface area (Å²) in [6.07, 6.45) is 5.20. The molecule has 0 amide bonds. The van der Waals surface area contributed by atoms with E-state index < -0.39 is 11.6 Å². The van der Waals surface area contributed by atoms with Crippen molar-refractivity contribution in [2.75, 3.05) is 0 Å². The fraction of sp³-hybridized carbons (Fsp3) is 0.143. The molecule has 0 spiro atoms. The van der Waals surface area contributed by atoms with Crippen molar-refractivity contribution in [1.82, 2.24) is 19.7 Å². The molecule has 7 heteroatoms. The number of aryl methyl sites for hydroxylation is 1. The maximum atomic E-state index is 13.2. The number of H-pyrrole nitrogens is 1. The topological polar surface area (TPSA) is 46.5 Å². The number of nitrogens with one attached hydrogen (secondary N) is 1. The van der Waals surface area contributed by atoms with Crippen molar-refractivity contribution in [2.24, 2.45) is 0 Å². The molecule has 108 valence electrons. The third kappa shape index (κ3) is 2.67. The molecule has 2 aromatic heterocycles. The molecule has 0 aliphatic heterocycles. The van der Waals surface area contributed by atoms with Crippen LogP contribution < -0.4 is 0 Å². The predicted octanol–water partition coefficient (Wildman–Crippen LogP) is 3.79. The third-order valence-corrected chi connectivity index (χ3v) is 3.31. The van der Waals surface area contributed by atoms with Gasteiger partial charge >= 0.3 is 0 Å². The van der Waals surface area contributed by atoms with Crippen molar-refractivity contribution in [3.63, 3.8) is 0 Å². The lowest BCUT2D eigenvalue weighted by molar-refractivity contribution is 0.510. The van der Waals surface area contributed by atoms with Crippen molar-refractivity contribution >= 4 is 33.7 Å². The van der Waals surface area contributed by atoms with Crippen LogP contribution in [0.2, 0.25) is 0 Å². The largest absolute Gasteiger partial charge is 0.337 e. The number of aromatic amines is 1. The summed E-state index contributed by atoms with van der Waals surface area (Å²) in [4.78, 5) is 7.01. The van der Waals surface area contributed by atoms with E-state index >= 15 is 0 Å². The fourth-order valence-corrected chi connectivity index (χ4v) is 2.18. The minimum atomic E-state index is -0.940. The predicted molar refractivity (Wildman–Crippen MR) is 77.6 cm³/mol. The minimum absolute atomic E-state index is 0.319. The molecule has 2 heterocycles. The van der Waals surface area contributed by atoms with Crippen LogP contribution in [0.4, 0.5) is 8.78 Å². The maximum Gasteiger partial charge on any atom is 0.161 e. The second kappa shape index (κ2) is 5.29. The van der Waals surface area contributed by atoms with E-state index in [1.807, 2.05) is 13.1 Å². The number of aromatic nitrogens is 4. The Balaban J connectivity index is 1.99. The molecule has 0 bridgehead atoms. The minimum Gasteiger partial charge on any atom is -0.337 e. The van der Waals surface area contributed by atoms with Crippen molar-refractivity contribution in [1.29, 1.82) is 0 Å². The summed E-state index contributed by atoms with van der Waals surface area (Å²) in [6.45, 7) is 2.74. The van der Waals surface area contributed by atoms with E-state index in [1.165, 1.54) is 0 Å².